The third-order valence-electron chi connectivity index (χ3n) is 4.43. The average molecular weight is 342 g/mol. The van der Waals surface area contributed by atoms with Gasteiger partial charge in [0, 0.05) is 23.5 Å². The van der Waals surface area contributed by atoms with Gasteiger partial charge in [0.05, 0.1) is 12.0 Å². The molecule has 1 aliphatic rings. The summed E-state index contributed by atoms with van der Waals surface area (Å²) in [6, 6.07) is 11.7. The number of amides is 2. The zero-order chi connectivity index (χ0) is 17.1. The van der Waals surface area contributed by atoms with E-state index in [2.05, 4.69) is 5.32 Å². The van der Waals surface area contributed by atoms with E-state index in [1.165, 1.54) is 0 Å². The number of anilines is 1. The van der Waals surface area contributed by atoms with Gasteiger partial charge in [0.15, 0.2) is 0 Å². The minimum absolute atomic E-state index is 0.0283. The van der Waals surface area contributed by atoms with Crippen molar-refractivity contribution in [2.45, 2.75) is 32.7 Å². The van der Waals surface area contributed by atoms with Crippen molar-refractivity contribution in [2.24, 2.45) is 5.92 Å². The summed E-state index contributed by atoms with van der Waals surface area (Å²) in [6.07, 6.45) is 0.993. The summed E-state index contributed by atoms with van der Waals surface area (Å²) in [5.41, 5.74) is 2.01. The van der Waals surface area contributed by atoms with Crippen molar-refractivity contribution in [3.8, 4) is 0 Å². The second-order valence-electron chi connectivity index (χ2n) is 6.10. The summed E-state index contributed by atoms with van der Waals surface area (Å²) < 4.78 is 0. The first kappa shape index (κ1) is 16.7. The van der Waals surface area contributed by atoms with E-state index in [1.54, 1.807) is 11.3 Å². The maximum Gasteiger partial charge on any atom is 0.227 e. The number of piperidine rings is 1. The highest BCUT2D eigenvalue weighted by molar-refractivity contribution is 7.10. The lowest BCUT2D eigenvalue weighted by Gasteiger charge is -2.40. The summed E-state index contributed by atoms with van der Waals surface area (Å²) in [7, 11) is 0. The van der Waals surface area contributed by atoms with Gasteiger partial charge < -0.3 is 10.2 Å². The molecule has 0 saturated carbocycles. The van der Waals surface area contributed by atoms with Crippen LogP contribution in [0.4, 0.5) is 5.69 Å². The Kier molecular flexibility index (Phi) is 5.00. The van der Waals surface area contributed by atoms with Gasteiger partial charge in [-0.25, -0.2) is 0 Å². The number of carbonyl (C=O) groups excluding carboxylic acids is 2. The summed E-state index contributed by atoms with van der Waals surface area (Å²) >= 11 is 1.60. The lowest BCUT2D eigenvalue weighted by molar-refractivity contribution is -0.129. The van der Waals surface area contributed by atoms with E-state index in [0.717, 1.165) is 16.1 Å². The molecule has 1 N–H and O–H groups in total. The first-order chi connectivity index (χ1) is 11.6. The summed E-state index contributed by atoms with van der Waals surface area (Å²) in [4.78, 5) is 28.2. The molecular weight excluding hydrogens is 320 g/mol. The monoisotopic (exact) mass is 342 g/mol. The first-order valence-corrected chi connectivity index (χ1v) is 9.19. The minimum Gasteiger partial charge on any atom is -0.356 e. The van der Waals surface area contributed by atoms with E-state index >= 15 is 0 Å². The van der Waals surface area contributed by atoms with Crippen molar-refractivity contribution in [1.82, 2.24) is 5.32 Å². The molecule has 0 spiro atoms. The molecule has 2 amide bonds. The summed E-state index contributed by atoms with van der Waals surface area (Å²) in [5, 5.41) is 4.93. The van der Waals surface area contributed by atoms with Gasteiger partial charge in [-0.05, 0) is 43.8 Å². The number of carbonyl (C=O) groups is 2. The SMILES string of the molecule is CCNC(=O)[C@H]1CCC(=O)N(c2ccc(C)cc2)[C@@H]1c1cccs1. The van der Waals surface area contributed by atoms with E-state index in [0.29, 0.717) is 19.4 Å². The van der Waals surface area contributed by atoms with Crippen LogP contribution in [-0.2, 0) is 9.59 Å². The molecule has 0 bridgehead atoms. The van der Waals surface area contributed by atoms with Crippen molar-refractivity contribution in [1.29, 1.82) is 0 Å². The highest BCUT2D eigenvalue weighted by Crippen LogP contribution is 2.41. The van der Waals surface area contributed by atoms with Crippen molar-refractivity contribution in [3.63, 3.8) is 0 Å². The van der Waals surface area contributed by atoms with Crippen LogP contribution >= 0.6 is 11.3 Å². The molecule has 1 saturated heterocycles. The Morgan fingerprint density at radius 3 is 2.67 bits per heavy atom. The minimum atomic E-state index is -0.236. The van der Waals surface area contributed by atoms with Crippen LogP contribution in [0.2, 0.25) is 0 Å². The number of thiophene rings is 1. The fraction of sp³-hybridized carbons (Fsp3) is 0.368. The Balaban J connectivity index is 2.03. The van der Waals surface area contributed by atoms with Crippen LogP contribution in [0.1, 0.15) is 36.2 Å². The third-order valence-corrected chi connectivity index (χ3v) is 5.37. The number of benzene rings is 1. The van der Waals surface area contributed by atoms with Crippen LogP contribution in [0.15, 0.2) is 41.8 Å². The van der Waals surface area contributed by atoms with Gasteiger partial charge in [-0.3, -0.25) is 9.59 Å². The molecule has 5 heteroatoms. The number of rotatable bonds is 4. The van der Waals surface area contributed by atoms with E-state index in [-0.39, 0.29) is 23.8 Å². The van der Waals surface area contributed by atoms with Crippen LogP contribution < -0.4 is 10.2 Å². The lowest BCUT2D eigenvalue weighted by Crippen LogP contribution is -2.48. The zero-order valence-electron chi connectivity index (χ0n) is 14.0. The van der Waals surface area contributed by atoms with Crippen LogP contribution in [0.25, 0.3) is 0 Å². The van der Waals surface area contributed by atoms with Gasteiger partial charge in [0.25, 0.3) is 0 Å². The Hall–Kier alpha value is -2.14. The highest BCUT2D eigenvalue weighted by atomic mass is 32.1. The molecule has 2 atom stereocenters. The van der Waals surface area contributed by atoms with Gasteiger partial charge in [0.2, 0.25) is 11.8 Å². The Morgan fingerprint density at radius 1 is 1.29 bits per heavy atom. The smallest absolute Gasteiger partial charge is 0.227 e. The first-order valence-electron chi connectivity index (χ1n) is 8.31. The van der Waals surface area contributed by atoms with Crippen molar-refractivity contribution in [2.75, 3.05) is 11.4 Å². The predicted octanol–water partition coefficient (Wildman–Crippen LogP) is 3.68. The van der Waals surface area contributed by atoms with Crippen molar-refractivity contribution >= 4 is 28.8 Å². The van der Waals surface area contributed by atoms with Crippen LogP contribution in [0, 0.1) is 12.8 Å². The quantitative estimate of drug-likeness (QED) is 0.921. The number of nitrogens with zero attached hydrogens (tertiary/aromatic N) is 1. The number of hydrogen-bond donors (Lipinski definition) is 1. The Labute approximate surface area is 146 Å². The van der Waals surface area contributed by atoms with Crippen molar-refractivity contribution < 1.29 is 9.59 Å². The van der Waals surface area contributed by atoms with E-state index in [9.17, 15) is 9.59 Å². The molecule has 126 valence electrons. The van der Waals surface area contributed by atoms with E-state index in [4.69, 9.17) is 0 Å². The summed E-state index contributed by atoms with van der Waals surface area (Å²) in [5.74, 6) is -0.110. The van der Waals surface area contributed by atoms with Gasteiger partial charge >= 0.3 is 0 Å². The normalized spacial score (nSPS) is 20.9. The molecule has 0 unspecified atom stereocenters. The van der Waals surface area contributed by atoms with Gasteiger partial charge in [0.1, 0.15) is 0 Å². The maximum atomic E-state index is 12.7. The van der Waals surface area contributed by atoms with Crippen LogP contribution in [-0.4, -0.2) is 18.4 Å². The predicted molar refractivity (Wildman–Crippen MR) is 97.1 cm³/mol. The highest BCUT2D eigenvalue weighted by Gasteiger charge is 2.41. The standard InChI is InChI=1S/C19H22N2O2S/c1-3-20-19(23)15-10-11-17(22)21(14-8-6-13(2)7-9-14)18(15)16-5-4-12-24-16/h4-9,12,15,18H,3,10-11H2,1-2H3,(H,20,23)/t15-,18-/m0/s1. The van der Waals surface area contributed by atoms with Crippen LogP contribution in [0.5, 0.6) is 0 Å². The fourth-order valence-electron chi connectivity index (χ4n) is 3.27. The second-order valence-corrected chi connectivity index (χ2v) is 7.08. The van der Waals surface area contributed by atoms with E-state index in [1.807, 2.05) is 60.5 Å². The molecule has 0 aliphatic carbocycles. The molecule has 3 rings (SSSR count). The second kappa shape index (κ2) is 7.18. The molecule has 2 aromatic rings. The largest absolute Gasteiger partial charge is 0.356 e. The molecule has 1 fully saturated rings. The van der Waals surface area contributed by atoms with Crippen LogP contribution in [0.3, 0.4) is 0 Å². The van der Waals surface area contributed by atoms with Crippen molar-refractivity contribution in [3.05, 3.63) is 52.2 Å². The molecule has 24 heavy (non-hydrogen) atoms. The number of aryl methyl sites for hydroxylation is 1. The Bertz CT molecular complexity index is 709. The van der Waals surface area contributed by atoms with Gasteiger partial charge in [-0.2, -0.15) is 0 Å². The topological polar surface area (TPSA) is 49.4 Å². The molecule has 4 nitrogen and oxygen atoms in total. The lowest BCUT2D eigenvalue weighted by atomic mass is 9.86. The van der Waals surface area contributed by atoms with Gasteiger partial charge in [-0.15, -0.1) is 11.3 Å². The van der Waals surface area contributed by atoms with Gasteiger partial charge in [-0.1, -0.05) is 23.8 Å². The molecule has 2 heterocycles. The number of hydrogen-bond acceptors (Lipinski definition) is 3. The zero-order valence-corrected chi connectivity index (χ0v) is 14.8. The number of nitrogens with one attached hydrogen (secondary N) is 1. The molecular formula is C19H22N2O2S. The third kappa shape index (κ3) is 3.22. The van der Waals surface area contributed by atoms with E-state index < -0.39 is 0 Å². The average Bonchev–Trinajstić information content (AvgIpc) is 3.10. The molecule has 0 radical (unpaired) electrons. The fourth-order valence-corrected chi connectivity index (χ4v) is 4.15. The molecule has 1 aliphatic heterocycles. The molecule has 1 aromatic heterocycles. The Morgan fingerprint density at radius 2 is 2.04 bits per heavy atom. The maximum absolute atomic E-state index is 12.7. The summed E-state index contributed by atoms with van der Waals surface area (Å²) in [6.45, 7) is 4.55. The molecule has 1 aromatic carbocycles.